The first-order valence-electron chi connectivity index (χ1n) is 7.89. The Hall–Kier alpha value is -3.24. The molecule has 0 aromatic carbocycles. The Balaban J connectivity index is 1.71. The molecule has 0 fully saturated rings. The fourth-order valence-electron chi connectivity index (χ4n) is 3.06. The molecule has 1 amide bonds. The lowest BCUT2D eigenvalue weighted by Gasteiger charge is -2.11. The van der Waals surface area contributed by atoms with Gasteiger partial charge in [0.25, 0.3) is 5.91 Å². The molecule has 0 atom stereocenters. The van der Waals surface area contributed by atoms with E-state index in [0.717, 1.165) is 16.8 Å². The molecule has 4 heterocycles. The maximum atomic E-state index is 12.8. The second-order valence-electron chi connectivity index (χ2n) is 5.98. The van der Waals surface area contributed by atoms with Gasteiger partial charge in [-0.05, 0) is 24.6 Å². The van der Waals surface area contributed by atoms with Crippen molar-refractivity contribution in [2.24, 2.45) is 0 Å². The first-order valence-corrected chi connectivity index (χ1v) is 8.27. The number of halogens is 1. The van der Waals surface area contributed by atoms with Gasteiger partial charge in [-0.15, -0.1) is 0 Å². The Kier molecular flexibility index (Phi) is 3.90. The summed E-state index contributed by atoms with van der Waals surface area (Å²) in [6, 6.07) is 5.69. The Morgan fingerprint density at radius 3 is 2.92 bits per heavy atom. The van der Waals surface area contributed by atoms with Crippen LogP contribution in [0.3, 0.4) is 0 Å². The third-order valence-corrected chi connectivity index (χ3v) is 4.43. The second kappa shape index (κ2) is 6.24. The molecule has 0 unspecified atom stereocenters. The van der Waals surface area contributed by atoms with E-state index in [4.69, 9.17) is 16.9 Å². The molecule has 0 radical (unpaired) electrons. The number of fused-ring (bicyclic) bond motifs is 1. The molecule has 0 saturated carbocycles. The van der Waals surface area contributed by atoms with Gasteiger partial charge in [0.15, 0.2) is 0 Å². The fourth-order valence-corrected chi connectivity index (χ4v) is 3.23. The minimum atomic E-state index is -0.114. The molecule has 0 saturated heterocycles. The number of hydrogen-bond donors (Lipinski definition) is 0. The molecule has 4 rings (SSSR count). The van der Waals surface area contributed by atoms with E-state index in [1.165, 1.54) is 4.68 Å². The first-order chi connectivity index (χ1) is 12.6. The Bertz CT molecular complexity index is 1070. The highest BCUT2D eigenvalue weighted by Gasteiger charge is 2.32. The zero-order valence-corrected chi connectivity index (χ0v) is 14.6. The largest absolute Gasteiger partial charge is 0.299 e. The number of aryl methyl sites for hydroxylation is 1. The summed E-state index contributed by atoms with van der Waals surface area (Å²) in [6.07, 6.45) is 6.53. The van der Waals surface area contributed by atoms with Crippen molar-refractivity contribution < 1.29 is 4.79 Å². The van der Waals surface area contributed by atoms with Crippen LogP contribution in [0.1, 0.15) is 21.6 Å². The highest BCUT2D eigenvalue weighted by molar-refractivity contribution is 6.30. The van der Waals surface area contributed by atoms with Crippen molar-refractivity contribution in [1.82, 2.24) is 19.7 Å². The zero-order valence-electron chi connectivity index (χ0n) is 13.8. The van der Waals surface area contributed by atoms with Crippen LogP contribution in [0.5, 0.6) is 0 Å². The molecular formula is C18H13ClN6O. The SMILES string of the molecule is Cc1cc(-c2cncc(Cl)c2)nc2c1C(=O)N(c1cnn(CC#N)c1)C2. The lowest BCUT2D eigenvalue weighted by molar-refractivity contribution is 0.0996. The standard InChI is InChI=1S/C18H13ClN6O/c1-11-4-15(12-5-13(19)7-21-6-12)23-16-10-25(18(26)17(11)16)14-8-22-24(9-14)3-2-20/h4-9H,3,10H2,1H3. The first kappa shape index (κ1) is 16.2. The number of pyridine rings is 2. The molecule has 0 N–H and O–H groups in total. The van der Waals surface area contributed by atoms with E-state index in [2.05, 4.69) is 15.1 Å². The molecule has 26 heavy (non-hydrogen) atoms. The number of aromatic nitrogens is 4. The average Bonchev–Trinajstić information content (AvgIpc) is 3.20. The van der Waals surface area contributed by atoms with E-state index in [0.29, 0.717) is 28.5 Å². The van der Waals surface area contributed by atoms with E-state index < -0.39 is 0 Å². The quantitative estimate of drug-likeness (QED) is 0.712. The molecular weight excluding hydrogens is 352 g/mol. The van der Waals surface area contributed by atoms with Gasteiger partial charge in [-0.1, -0.05) is 11.6 Å². The van der Waals surface area contributed by atoms with Crippen molar-refractivity contribution in [2.45, 2.75) is 20.0 Å². The molecule has 0 bridgehead atoms. The smallest absolute Gasteiger partial charge is 0.260 e. The van der Waals surface area contributed by atoms with Crippen LogP contribution in [0, 0.1) is 18.3 Å². The van der Waals surface area contributed by atoms with Crippen molar-refractivity contribution in [3.05, 3.63) is 58.8 Å². The molecule has 7 nitrogen and oxygen atoms in total. The Morgan fingerprint density at radius 1 is 1.31 bits per heavy atom. The van der Waals surface area contributed by atoms with Crippen molar-refractivity contribution in [1.29, 1.82) is 5.26 Å². The number of amides is 1. The third kappa shape index (κ3) is 2.70. The number of hydrogen-bond acceptors (Lipinski definition) is 5. The van der Waals surface area contributed by atoms with Crippen molar-refractivity contribution >= 4 is 23.2 Å². The minimum absolute atomic E-state index is 0.114. The Labute approximate surface area is 154 Å². The van der Waals surface area contributed by atoms with Gasteiger partial charge in [0.1, 0.15) is 6.54 Å². The summed E-state index contributed by atoms with van der Waals surface area (Å²) in [6.45, 7) is 2.38. The highest BCUT2D eigenvalue weighted by Crippen LogP contribution is 2.32. The number of nitriles is 1. The van der Waals surface area contributed by atoms with Crippen LogP contribution in [0.15, 0.2) is 36.9 Å². The van der Waals surface area contributed by atoms with Crippen LogP contribution in [0.25, 0.3) is 11.3 Å². The molecule has 1 aliphatic rings. The van der Waals surface area contributed by atoms with Gasteiger partial charge in [0.2, 0.25) is 0 Å². The predicted molar refractivity (Wildman–Crippen MR) is 95.6 cm³/mol. The van der Waals surface area contributed by atoms with Gasteiger partial charge < -0.3 is 0 Å². The lowest BCUT2D eigenvalue weighted by Crippen LogP contribution is -2.22. The molecule has 128 valence electrons. The number of nitrogens with zero attached hydrogens (tertiary/aromatic N) is 6. The van der Waals surface area contributed by atoms with Crippen LogP contribution in [-0.4, -0.2) is 25.7 Å². The minimum Gasteiger partial charge on any atom is -0.299 e. The highest BCUT2D eigenvalue weighted by atomic mass is 35.5. The van der Waals surface area contributed by atoms with Crippen molar-refractivity contribution in [3.8, 4) is 17.3 Å². The molecule has 3 aromatic rings. The van der Waals surface area contributed by atoms with Crippen LogP contribution in [0.4, 0.5) is 5.69 Å². The summed E-state index contributed by atoms with van der Waals surface area (Å²) in [5.41, 5.74) is 4.34. The normalized spacial score (nSPS) is 13.0. The van der Waals surface area contributed by atoms with Crippen molar-refractivity contribution in [3.63, 3.8) is 0 Å². The van der Waals surface area contributed by atoms with Crippen LogP contribution >= 0.6 is 11.6 Å². The summed E-state index contributed by atoms with van der Waals surface area (Å²) < 4.78 is 1.49. The van der Waals surface area contributed by atoms with E-state index >= 15 is 0 Å². The predicted octanol–water partition coefficient (Wildman–Crippen LogP) is 2.99. The van der Waals surface area contributed by atoms with Crippen LogP contribution in [0.2, 0.25) is 5.02 Å². The topological polar surface area (TPSA) is 87.7 Å². The van der Waals surface area contributed by atoms with Crippen LogP contribution < -0.4 is 4.90 Å². The lowest BCUT2D eigenvalue weighted by atomic mass is 10.1. The van der Waals surface area contributed by atoms with E-state index in [1.54, 1.807) is 35.8 Å². The monoisotopic (exact) mass is 364 g/mol. The molecule has 1 aliphatic heterocycles. The molecule has 0 aliphatic carbocycles. The molecule has 3 aromatic heterocycles. The van der Waals surface area contributed by atoms with E-state index in [1.807, 2.05) is 19.1 Å². The summed E-state index contributed by atoms with van der Waals surface area (Å²) in [4.78, 5) is 23.2. The zero-order chi connectivity index (χ0) is 18.3. The Morgan fingerprint density at radius 2 is 2.15 bits per heavy atom. The van der Waals surface area contributed by atoms with Gasteiger partial charge in [-0.3, -0.25) is 24.3 Å². The van der Waals surface area contributed by atoms with Gasteiger partial charge in [0.05, 0.1) is 46.5 Å². The summed E-state index contributed by atoms with van der Waals surface area (Å²) in [5, 5.41) is 13.4. The van der Waals surface area contributed by atoms with Gasteiger partial charge in [0, 0.05) is 24.2 Å². The summed E-state index contributed by atoms with van der Waals surface area (Å²) in [5.74, 6) is -0.114. The number of carbonyl (C=O) groups is 1. The maximum Gasteiger partial charge on any atom is 0.260 e. The number of anilines is 1. The molecule has 8 heteroatoms. The number of rotatable bonds is 3. The number of carbonyl (C=O) groups excluding carboxylic acids is 1. The van der Waals surface area contributed by atoms with E-state index in [9.17, 15) is 4.79 Å². The van der Waals surface area contributed by atoms with Gasteiger partial charge in [-0.25, -0.2) is 0 Å². The maximum absolute atomic E-state index is 12.8. The van der Waals surface area contributed by atoms with E-state index in [-0.39, 0.29) is 12.5 Å². The van der Waals surface area contributed by atoms with Gasteiger partial charge >= 0.3 is 0 Å². The molecule has 0 spiro atoms. The second-order valence-corrected chi connectivity index (χ2v) is 6.42. The van der Waals surface area contributed by atoms with Crippen LogP contribution in [-0.2, 0) is 13.1 Å². The summed E-state index contributed by atoms with van der Waals surface area (Å²) >= 11 is 6.02. The van der Waals surface area contributed by atoms with Gasteiger partial charge in [-0.2, -0.15) is 10.4 Å². The summed E-state index contributed by atoms with van der Waals surface area (Å²) in [7, 11) is 0. The fraction of sp³-hybridized carbons (Fsp3) is 0.167. The average molecular weight is 365 g/mol. The third-order valence-electron chi connectivity index (χ3n) is 4.22. The van der Waals surface area contributed by atoms with Crippen molar-refractivity contribution in [2.75, 3.05) is 4.90 Å².